The molecule has 0 bridgehead atoms. The van der Waals surface area contributed by atoms with Crippen LogP contribution in [0.4, 0.5) is 0 Å². The lowest BCUT2D eigenvalue weighted by Gasteiger charge is -2.25. The van der Waals surface area contributed by atoms with Gasteiger partial charge in [-0.3, -0.25) is 14.2 Å². The van der Waals surface area contributed by atoms with Crippen molar-refractivity contribution in [3.05, 3.63) is 70.5 Å². The highest BCUT2D eigenvalue weighted by molar-refractivity contribution is 7.99. The van der Waals surface area contributed by atoms with Crippen LogP contribution in [-0.4, -0.2) is 33.2 Å². The number of nitrogens with zero attached hydrogens (tertiary/aromatic N) is 3. The standard InChI is InChI=1S/C22H23N3O2S/c1-15(16-8-4-3-5-9-16)24(2)20(26)14-28-22-23-19-11-7-6-10-18(19)21(27)25(22)17-12-13-17/h3-11,15,17H,12-14H2,1-2H3. The smallest absolute Gasteiger partial charge is 0.262 e. The second-order valence-electron chi connectivity index (χ2n) is 7.20. The summed E-state index contributed by atoms with van der Waals surface area (Å²) in [5.41, 5.74) is 1.78. The number of carbonyl (C=O) groups is 1. The van der Waals surface area contributed by atoms with Crippen molar-refractivity contribution in [3.8, 4) is 0 Å². The number of hydrogen-bond acceptors (Lipinski definition) is 4. The highest BCUT2D eigenvalue weighted by Gasteiger charge is 2.29. The van der Waals surface area contributed by atoms with Crippen molar-refractivity contribution < 1.29 is 4.79 Å². The third-order valence-corrected chi connectivity index (χ3v) is 6.21. The second-order valence-corrected chi connectivity index (χ2v) is 8.14. The summed E-state index contributed by atoms with van der Waals surface area (Å²) in [6.45, 7) is 2.02. The highest BCUT2D eigenvalue weighted by Crippen LogP contribution is 2.37. The van der Waals surface area contributed by atoms with Gasteiger partial charge in [0, 0.05) is 13.1 Å². The molecule has 28 heavy (non-hydrogen) atoms. The van der Waals surface area contributed by atoms with Gasteiger partial charge in [0.15, 0.2) is 5.16 Å². The summed E-state index contributed by atoms with van der Waals surface area (Å²) in [7, 11) is 1.82. The lowest BCUT2D eigenvalue weighted by atomic mass is 10.1. The molecule has 144 valence electrons. The molecule has 3 aromatic rings. The maximum atomic E-state index is 12.9. The van der Waals surface area contributed by atoms with E-state index >= 15 is 0 Å². The molecule has 1 aliphatic carbocycles. The molecule has 2 aromatic carbocycles. The minimum atomic E-state index is -0.00973. The Kier molecular flexibility index (Phi) is 5.22. The molecule has 0 radical (unpaired) electrons. The first-order valence-electron chi connectivity index (χ1n) is 9.51. The van der Waals surface area contributed by atoms with Crippen molar-refractivity contribution in [3.63, 3.8) is 0 Å². The number of aromatic nitrogens is 2. The zero-order valence-electron chi connectivity index (χ0n) is 16.0. The number of amides is 1. The van der Waals surface area contributed by atoms with Crippen molar-refractivity contribution >= 4 is 28.6 Å². The van der Waals surface area contributed by atoms with E-state index in [4.69, 9.17) is 0 Å². The SMILES string of the molecule is CC(c1ccccc1)N(C)C(=O)CSc1nc2ccccc2c(=O)n1C1CC1. The van der Waals surface area contributed by atoms with Gasteiger partial charge in [-0.25, -0.2) is 4.98 Å². The van der Waals surface area contributed by atoms with Gasteiger partial charge in [0.05, 0.1) is 22.7 Å². The summed E-state index contributed by atoms with van der Waals surface area (Å²) in [6, 6.07) is 17.6. The van der Waals surface area contributed by atoms with E-state index in [9.17, 15) is 9.59 Å². The Labute approximate surface area is 168 Å². The molecule has 6 heteroatoms. The molecule has 0 spiro atoms. The normalized spacial score (nSPS) is 14.8. The predicted octanol–water partition coefficient (Wildman–Crippen LogP) is 4.04. The van der Waals surface area contributed by atoms with Crippen LogP contribution in [-0.2, 0) is 4.79 Å². The number of thioether (sulfide) groups is 1. The number of hydrogen-bond donors (Lipinski definition) is 0. The van der Waals surface area contributed by atoms with Crippen LogP contribution in [0.25, 0.3) is 10.9 Å². The van der Waals surface area contributed by atoms with Crippen molar-refractivity contribution in [2.75, 3.05) is 12.8 Å². The molecule has 1 amide bonds. The Morgan fingerprint density at radius 1 is 1.18 bits per heavy atom. The molecule has 1 fully saturated rings. The molecule has 0 saturated heterocycles. The summed E-state index contributed by atoms with van der Waals surface area (Å²) < 4.78 is 1.78. The first-order chi connectivity index (χ1) is 13.6. The monoisotopic (exact) mass is 393 g/mol. The zero-order valence-corrected chi connectivity index (χ0v) is 16.9. The molecule has 1 saturated carbocycles. The first kappa shape index (κ1) is 18.7. The number of carbonyl (C=O) groups excluding carboxylic acids is 1. The van der Waals surface area contributed by atoms with E-state index in [1.807, 2.05) is 68.6 Å². The van der Waals surface area contributed by atoms with Crippen LogP contribution in [0, 0.1) is 0 Å². The Balaban J connectivity index is 1.54. The van der Waals surface area contributed by atoms with E-state index in [2.05, 4.69) is 4.98 Å². The number of benzene rings is 2. The van der Waals surface area contributed by atoms with Crippen LogP contribution < -0.4 is 5.56 Å². The van der Waals surface area contributed by atoms with Gasteiger partial charge in [0.25, 0.3) is 5.56 Å². The van der Waals surface area contributed by atoms with Gasteiger partial charge in [-0.1, -0.05) is 54.2 Å². The molecule has 1 unspecified atom stereocenters. The molecule has 1 aliphatic rings. The molecule has 0 N–H and O–H groups in total. The third kappa shape index (κ3) is 3.69. The van der Waals surface area contributed by atoms with Crippen LogP contribution in [0.5, 0.6) is 0 Å². The van der Waals surface area contributed by atoms with Crippen LogP contribution in [0.1, 0.15) is 37.4 Å². The van der Waals surface area contributed by atoms with Gasteiger partial charge in [-0.15, -0.1) is 0 Å². The lowest BCUT2D eigenvalue weighted by Crippen LogP contribution is -2.31. The molecule has 0 aliphatic heterocycles. The van der Waals surface area contributed by atoms with Gasteiger partial charge in [0.2, 0.25) is 5.91 Å². The van der Waals surface area contributed by atoms with Crippen molar-refractivity contribution in [2.45, 2.75) is 37.0 Å². The molecule has 1 heterocycles. The Hall–Kier alpha value is -2.60. The van der Waals surface area contributed by atoms with E-state index in [-0.39, 0.29) is 29.3 Å². The quantitative estimate of drug-likeness (QED) is 0.468. The maximum absolute atomic E-state index is 12.9. The van der Waals surface area contributed by atoms with Crippen LogP contribution >= 0.6 is 11.8 Å². The summed E-state index contributed by atoms with van der Waals surface area (Å²) in [5, 5.41) is 1.28. The van der Waals surface area contributed by atoms with Crippen molar-refractivity contribution in [2.24, 2.45) is 0 Å². The van der Waals surface area contributed by atoms with E-state index < -0.39 is 0 Å². The molecule has 4 rings (SSSR count). The zero-order chi connectivity index (χ0) is 19.7. The van der Waals surface area contributed by atoms with Gasteiger partial charge >= 0.3 is 0 Å². The third-order valence-electron chi connectivity index (χ3n) is 5.27. The summed E-state index contributed by atoms with van der Waals surface area (Å²) in [5.74, 6) is 0.275. The van der Waals surface area contributed by atoms with Crippen LogP contribution in [0.3, 0.4) is 0 Å². The van der Waals surface area contributed by atoms with Gasteiger partial charge in [-0.2, -0.15) is 0 Å². The van der Waals surface area contributed by atoms with E-state index in [0.29, 0.717) is 16.1 Å². The van der Waals surface area contributed by atoms with Gasteiger partial charge in [-0.05, 0) is 37.5 Å². The summed E-state index contributed by atoms with van der Waals surface area (Å²) in [4.78, 5) is 32.1. The highest BCUT2D eigenvalue weighted by atomic mass is 32.2. The van der Waals surface area contributed by atoms with Crippen LogP contribution in [0.2, 0.25) is 0 Å². The fourth-order valence-corrected chi connectivity index (χ4v) is 4.27. The average molecular weight is 394 g/mol. The number of para-hydroxylation sites is 1. The molecule has 1 atom stereocenters. The van der Waals surface area contributed by atoms with E-state index in [1.54, 1.807) is 9.47 Å². The molecule has 1 aromatic heterocycles. The molecular formula is C22H23N3O2S. The summed E-state index contributed by atoms with van der Waals surface area (Å²) >= 11 is 1.35. The van der Waals surface area contributed by atoms with Gasteiger partial charge in [0.1, 0.15) is 0 Å². The predicted molar refractivity (Wildman–Crippen MR) is 113 cm³/mol. The van der Waals surface area contributed by atoms with Gasteiger partial charge < -0.3 is 4.90 Å². The fourth-order valence-electron chi connectivity index (χ4n) is 3.28. The lowest BCUT2D eigenvalue weighted by molar-refractivity contribution is -0.128. The largest absolute Gasteiger partial charge is 0.338 e. The number of fused-ring (bicyclic) bond motifs is 1. The Morgan fingerprint density at radius 2 is 1.86 bits per heavy atom. The summed E-state index contributed by atoms with van der Waals surface area (Å²) in [6.07, 6.45) is 1.98. The minimum absolute atomic E-state index is 0.00550. The Morgan fingerprint density at radius 3 is 2.57 bits per heavy atom. The molecule has 5 nitrogen and oxygen atoms in total. The van der Waals surface area contributed by atoms with Crippen molar-refractivity contribution in [1.29, 1.82) is 0 Å². The maximum Gasteiger partial charge on any atom is 0.262 e. The molecular weight excluding hydrogens is 370 g/mol. The number of rotatable bonds is 6. The first-order valence-corrected chi connectivity index (χ1v) is 10.5. The van der Waals surface area contributed by atoms with E-state index in [0.717, 1.165) is 18.4 Å². The minimum Gasteiger partial charge on any atom is -0.338 e. The topological polar surface area (TPSA) is 55.2 Å². The average Bonchev–Trinajstić information content (AvgIpc) is 3.56. The van der Waals surface area contributed by atoms with Crippen molar-refractivity contribution in [1.82, 2.24) is 14.5 Å². The second kappa shape index (κ2) is 7.80. The Bertz CT molecular complexity index is 1060. The van der Waals surface area contributed by atoms with E-state index in [1.165, 1.54) is 11.8 Å². The fraction of sp³-hybridized carbons (Fsp3) is 0.318. The van der Waals surface area contributed by atoms with Crippen LogP contribution in [0.15, 0.2) is 64.5 Å².